The van der Waals surface area contributed by atoms with Crippen molar-refractivity contribution in [3.05, 3.63) is 35.4 Å². The third kappa shape index (κ3) is 1.63. The van der Waals surface area contributed by atoms with Gasteiger partial charge in [0.25, 0.3) is 0 Å². The minimum absolute atomic E-state index is 0.266. The molecule has 0 aliphatic carbocycles. The highest BCUT2D eigenvalue weighted by atomic mass is 16.5. The summed E-state index contributed by atoms with van der Waals surface area (Å²) in [5.41, 5.74) is 2.50. The molecule has 2 rings (SSSR count). The number of carbonyl (C=O) groups excluding carboxylic acids is 1. The van der Waals surface area contributed by atoms with Gasteiger partial charge in [0.05, 0.1) is 13.2 Å². The number of rotatable bonds is 2. The first-order valence-electron chi connectivity index (χ1n) is 4.51. The van der Waals surface area contributed by atoms with Gasteiger partial charge in [-0.05, 0) is 11.1 Å². The highest BCUT2D eigenvalue weighted by Gasteiger charge is 2.19. The van der Waals surface area contributed by atoms with Gasteiger partial charge in [-0.2, -0.15) is 0 Å². The van der Waals surface area contributed by atoms with Crippen LogP contribution in [0.2, 0.25) is 0 Å². The smallest absolute Gasteiger partial charge is 0.120 e. The van der Waals surface area contributed by atoms with E-state index < -0.39 is 0 Å². The standard InChI is InChI=1S/C11H12O2/c12-6-5-10-8-13-7-9-3-1-2-4-11(9)10/h1-4,6,10H,5,7-8H2. The first-order valence-corrected chi connectivity index (χ1v) is 4.51. The van der Waals surface area contributed by atoms with Crippen LogP contribution in [-0.4, -0.2) is 12.9 Å². The van der Waals surface area contributed by atoms with Crippen LogP contribution >= 0.6 is 0 Å². The second-order valence-corrected chi connectivity index (χ2v) is 3.31. The predicted molar refractivity (Wildman–Crippen MR) is 49.5 cm³/mol. The summed E-state index contributed by atoms with van der Waals surface area (Å²) in [5, 5.41) is 0. The van der Waals surface area contributed by atoms with Crippen molar-refractivity contribution in [3.63, 3.8) is 0 Å². The van der Waals surface area contributed by atoms with Gasteiger partial charge in [-0.1, -0.05) is 24.3 Å². The lowest BCUT2D eigenvalue weighted by Gasteiger charge is -2.23. The monoisotopic (exact) mass is 176 g/mol. The Balaban J connectivity index is 2.31. The van der Waals surface area contributed by atoms with Gasteiger partial charge in [0.15, 0.2) is 0 Å². The summed E-state index contributed by atoms with van der Waals surface area (Å²) in [6.45, 7) is 1.36. The average molecular weight is 176 g/mol. The van der Waals surface area contributed by atoms with Crippen molar-refractivity contribution in [3.8, 4) is 0 Å². The number of carbonyl (C=O) groups is 1. The molecule has 13 heavy (non-hydrogen) atoms. The molecule has 2 heteroatoms. The summed E-state index contributed by atoms with van der Waals surface area (Å²) < 4.78 is 5.40. The van der Waals surface area contributed by atoms with Gasteiger partial charge in [-0.25, -0.2) is 0 Å². The fourth-order valence-corrected chi connectivity index (χ4v) is 1.78. The summed E-state index contributed by atoms with van der Waals surface area (Å²) in [6.07, 6.45) is 1.53. The molecule has 1 aliphatic rings. The Morgan fingerprint density at radius 3 is 3.15 bits per heavy atom. The Morgan fingerprint density at radius 1 is 1.46 bits per heavy atom. The molecule has 0 saturated carbocycles. The van der Waals surface area contributed by atoms with Gasteiger partial charge < -0.3 is 9.53 Å². The average Bonchev–Trinajstić information content (AvgIpc) is 2.19. The van der Waals surface area contributed by atoms with Crippen molar-refractivity contribution < 1.29 is 9.53 Å². The van der Waals surface area contributed by atoms with E-state index in [0.717, 1.165) is 6.29 Å². The second-order valence-electron chi connectivity index (χ2n) is 3.31. The van der Waals surface area contributed by atoms with Crippen LogP contribution in [0, 0.1) is 0 Å². The summed E-state index contributed by atoms with van der Waals surface area (Å²) in [5.74, 6) is 0.266. The summed E-state index contributed by atoms with van der Waals surface area (Å²) in [7, 11) is 0. The number of ether oxygens (including phenoxy) is 1. The molecule has 1 heterocycles. The van der Waals surface area contributed by atoms with Crippen molar-refractivity contribution in [2.75, 3.05) is 6.61 Å². The third-order valence-electron chi connectivity index (χ3n) is 2.45. The molecule has 0 amide bonds. The molecular formula is C11H12O2. The zero-order valence-electron chi connectivity index (χ0n) is 7.40. The first kappa shape index (κ1) is 8.45. The molecule has 0 aromatic heterocycles. The van der Waals surface area contributed by atoms with Crippen LogP contribution in [0.15, 0.2) is 24.3 Å². The minimum atomic E-state index is 0.266. The number of hydrogen-bond donors (Lipinski definition) is 0. The summed E-state index contributed by atoms with van der Waals surface area (Å²) in [6, 6.07) is 8.17. The summed E-state index contributed by atoms with van der Waals surface area (Å²) >= 11 is 0. The molecule has 0 spiro atoms. The van der Waals surface area contributed by atoms with Crippen LogP contribution in [-0.2, 0) is 16.1 Å². The predicted octanol–water partition coefficient (Wildman–Crippen LogP) is 1.89. The Kier molecular flexibility index (Phi) is 2.41. The molecule has 0 saturated heterocycles. The van der Waals surface area contributed by atoms with E-state index in [0.29, 0.717) is 19.6 Å². The number of benzene rings is 1. The van der Waals surface area contributed by atoms with Crippen LogP contribution in [0.25, 0.3) is 0 Å². The molecule has 0 radical (unpaired) electrons. The molecule has 1 aliphatic heterocycles. The largest absolute Gasteiger partial charge is 0.376 e. The lowest BCUT2D eigenvalue weighted by atomic mass is 9.91. The van der Waals surface area contributed by atoms with E-state index in [1.165, 1.54) is 11.1 Å². The highest BCUT2D eigenvalue weighted by molar-refractivity contribution is 5.52. The van der Waals surface area contributed by atoms with Gasteiger partial charge >= 0.3 is 0 Å². The quantitative estimate of drug-likeness (QED) is 0.643. The maximum absolute atomic E-state index is 10.4. The molecule has 1 aromatic rings. The zero-order chi connectivity index (χ0) is 9.10. The topological polar surface area (TPSA) is 26.3 Å². The van der Waals surface area contributed by atoms with Crippen molar-refractivity contribution in [2.24, 2.45) is 0 Å². The Hall–Kier alpha value is -1.15. The second kappa shape index (κ2) is 3.71. The van der Waals surface area contributed by atoms with Crippen molar-refractivity contribution in [1.29, 1.82) is 0 Å². The van der Waals surface area contributed by atoms with Gasteiger partial charge in [0.1, 0.15) is 6.29 Å². The van der Waals surface area contributed by atoms with Gasteiger partial charge in [-0.3, -0.25) is 0 Å². The maximum atomic E-state index is 10.4. The molecule has 1 atom stereocenters. The lowest BCUT2D eigenvalue weighted by Crippen LogP contribution is -2.16. The summed E-state index contributed by atoms with van der Waals surface area (Å²) in [4.78, 5) is 10.4. The van der Waals surface area contributed by atoms with E-state index in [9.17, 15) is 4.79 Å². The Bertz CT molecular complexity index is 307. The van der Waals surface area contributed by atoms with Crippen LogP contribution in [0.4, 0.5) is 0 Å². The molecule has 1 unspecified atom stereocenters. The fourth-order valence-electron chi connectivity index (χ4n) is 1.78. The number of hydrogen-bond acceptors (Lipinski definition) is 2. The maximum Gasteiger partial charge on any atom is 0.120 e. The lowest BCUT2D eigenvalue weighted by molar-refractivity contribution is -0.108. The van der Waals surface area contributed by atoms with E-state index in [1.807, 2.05) is 12.1 Å². The molecular weight excluding hydrogens is 164 g/mol. The van der Waals surface area contributed by atoms with E-state index in [-0.39, 0.29) is 5.92 Å². The Morgan fingerprint density at radius 2 is 2.31 bits per heavy atom. The molecule has 2 nitrogen and oxygen atoms in total. The van der Waals surface area contributed by atoms with Gasteiger partial charge in [0.2, 0.25) is 0 Å². The third-order valence-corrected chi connectivity index (χ3v) is 2.45. The highest BCUT2D eigenvalue weighted by Crippen LogP contribution is 2.27. The van der Waals surface area contributed by atoms with Crippen molar-refractivity contribution >= 4 is 6.29 Å². The molecule has 1 aromatic carbocycles. The van der Waals surface area contributed by atoms with Gasteiger partial charge in [0, 0.05) is 12.3 Å². The molecule has 0 bridgehead atoms. The van der Waals surface area contributed by atoms with E-state index >= 15 is 0 Å². The molecule has 0 fully saturated rings. The van der Waals surface area contributed by atoms with Gasteiger partial charge in [-0.15, -0.1) is 0 Å². The van der Waals surface area contributed by atoms with Crippen molar-refractivity contribution in [1.82, 2.24) is 0 Å². The molecule has 0 N–H and O–H groups in total. The van der Waals surface area contributed by atoms with Crippen LogP contribution in [0.3, 0.4) is 0 Å². The Labute approximate surface area is 77.5 Å². The first-order chi connectivity index (χ1) is 6.42. The van der Waals surface area contributed by atoms with E-state index in [4.69, 9.17) is 4.74 Å². The van der Waals surface area contributed by atoms with Crippen LogP contribution < -0.4 is 0 Å². The van der Waals surface area contributed by atoms with Crippen molar-refractivity contribution in [2.45, 2.75) is 18.9 Å². The number of fused-ring (bicyclic) bond motifs is 1. The fraction of sp³-hybridized carbons (Fsp3) is 0.364. The van der Waals surface area contributed by atoms with E-state index in [1.54, 1.807) is 0 Å². The van der Waals surface area contributed by atoms with E-state index in [2.05, 4.69) is 12.1 Å². The van der Waals surface area contributed by atoms with Crippen LogP contribution in [0.5, 0.6) is 0 Å². The normalized spacial score (nSPS) is 20.8. The number of aldehydes is 1. The van der Waals surface area contributed by atoms with Crippen LogP contribution in [0.1, 0.15) is 23.5 Å². The SMILES string of the molecule is O=CCC1COCc2ccccc21. The zero-order valence-corrected chi connectivity index (χ0v) is 7.40. The minimum Gasteiger partial charge on any atom is -0.376 e. The molecule has 68 valence electrons.